The number of rotatable bonds is 7. The highest BCUT2D eigenvalue weighted by Crippen LogP contribution is 2.49. The lowest BCUT2D eigenvalue weighted by Gasteiger charge is -2.48. The van der Waals surface area contributed by atoms with E-state index in [1.807, 2.05) is 51.2 Å². The van der Waals surface area contributed by atoms with Gasteiger partial charge in [0.2, 0.25) is 5.91 Å². The quantitative estimate of drug-likeness (QED) is 0.510. The first kappa shape index (κ1) is 23.9. The molecule has 0 spiro atoms. The van der Waals surface area contributed by atoms with Crippen LogP contribution in [0.4, 0.5) is 4.39 Å². The molecule has 0 unspecified atom stereocenters. The maximum absolute atomic E-state index is 13.8. The van der Waals surface area contributed by atoms with Crippen molar-refractivity contribution in [2.24, 2.45) is 11.1 Å². The monoisotopic (exact) mass is 461 g/mol. The number of halogens is 1. The maximum atomic E-state index is 13.8. The summed E-state index contributed by atoms with van der Waals surface area (Å²) in [4.78, 5) is 12.0. The summed E-state index contributed by atoms with van der Waals surface area (Å²) in [6, 6.07) is 12.1. The van der Waals surface area contributed by atoms with E-state index in [1.165, 1.54) is 12.1 Å². The fourth-order valence-corrected chi connectivity index (χ4v) is 5.39. The highest BCUT2D eigenvalue weighted by Gasteiger charge is 2.48. The van der Waals surface area contributed by atoms with Gasteiger partial charge in [-0.15, -0.1) is 0 Å². The Kier molecular flexibility index (Phi) is 6.21. The van der Waals surface area contributed by atoms with Gasteiger partial charge in [-0.1, -0.05) is 43.7 Å². The molecular weight excluding hydrogens is 429 g/mol. The third kappa shape index (κ3) is 3.96. The zero-order valence-electron chi connectivity index (χ0n) is 20.2. The van der Waals surface area contributed by atoms with E-state index in [4.69, 9.17) is 5.73 Å². The molecule has 0 bridgehead atoms. The van der Waals surface area contributed by atoms with Crippen molar-refractivity contribution >= 4 is 12.0 Å². The van der Waals surface area contributed by atoms with Gasteiger partial charge in [0.15, 0.2) is 0 Å². The Hall–Kier alpha value is -3.25. The average Bonchev–Trinajstić information content (AvgIpc) is 3.19. The van der Waals surface area contributed by atoms with Gasteiger partial charge in [-0.05, 0) is 80.5 Å². The van der Waals surface area contributed by atoms with Crippen molar-refractivity contribution in [1.29, 1.82) is 0 Å². The van der Waals surface area contributed by atoms with Gasteiger partial charge in [0, 0.05) is 11.0 Å². The van der Waals surface area contributed by atoms with Gasteiger partial charge in [0.25, 0.3) is 0 Å². The second-order valence-electron chi connectivity index (χ2n) is 9.64. The number of hydrogen-bond acceptors (Lipinski definition) is 3. The Labute approximate surface area is 200 Å². The van der Waals surface area contributed by atoms with E-state index in [-0.39, 0.29) is 5.82 Å². The average molecular weight is 462 g/mol. The van der Waals surface area contributed by atoms with Gasteiger partial charge in [0.1, 0.15) is 5.82 Å². The van der Waals surface area contributed by atoms with Crippen molar-refractivity contribution in [3.63, 3.8) is 0 Å². The summed E-state index contributed by atoms with van der Waals surface area (Å²) >= 11 is 0. The largest absolute Gasteiger partial charge is 0.389 e. The highest BCUT2D eigenvalue weighted by atomic mass is 19.1. The molecule has 6 heteroatoms. The summed E-state index contributed by atoms with van der Waals surface area (Å²) in [6.45, 7) is 8.00. The van der Waals surface area contributed by atoms with Crippen molar-refractivity contribution in [2.45, 2.75) is 59.0 Å². The number of benzene rings is 2. The molecular formula is C28H32FN3O2. The van der Waals surface area contributed by atoms with Gasteiger partial charge in [-0.2, -0.15) is 5.10 Å². The third-order valence-corrected chi connectivity index (χ3v) is 7.73. The van der Waals surface area contributed by atoms with Crippen LogP contribution in [-0.2, 0) is 12.8 Å². The van der Waals surface area contributed by atoms with Crippen LogP contribution in [0.5, 0.6) is 0 Å². The zero-order chi connectivity index (χ0) is 24.7. The lowest BCUT2D eigenvalue weighted by molar-refractivity contribution is -0.0668. The Morgan fingerprint density at radius 2 is 2.00 bits per heavy atom. The second-order valence-corrected chi connectivity index (χ2v) is 9.64. The molecule has 0 saturated carbocycles. The number of nitrogens with two attached hydrogens (primary N) is 1. The minimum Gasteiger partial charge on any atom is -0.389 e. The highest BCUT2D eigenvalue weighted by molar-refractivity contribution is 5.95. The summed E-state index contributed by atoms with van der Waals surface area (Å²) in [6.07, 6.45) is 6.06. The molecule has 1 aliphatic carbocycles. The second kappa shape index (κ2) is 8.84. The summed E-state index contributed by atoms with van der Waals surface area (Å²) in [5.41, 5.74) is 9.99. The minimum atomic E-state index is -1.01. The van der Waals surface area contributed by atoms with Gasteiger partial charge >= 0.3 is 0 Å². The number of aryl methyl sites for hydroxylation is 2. The third-order valence-electron chi connectivity index (χ3n) is 7.73. The van der Waals surface area contributed by atoms with Crippen molar-refractivity contribution in [3.8, 4) is 5.69 Å². The summed E-state index contributed by atoms with van der Waals surface area (Å²) in [5, 5.41) is 16.5. The summed E-state index contributed by atoms with van der Waals surface area (Å²) < 4.78 is 15.6. The molecule has 1 amide bonds. The topological polar surface area (TPSA) is 81.1 Å². The van der Waals surface area contributed by atoms with E-state index in [0.29, 0.717) is 36.9 Å². The minimum absolute atomic E-state index is 0.310. The van der Waals surface area contributed by atoms with Gasteiger partial charge in [0.05, 0.1) is 23.2 Å². The van der Waals surface area contributed by atoms with Crippen LogP contribution in [0, 0.1) is 18.2 Å². The number of carbonyl (C=O) groups is 1. The number of hydrogen-bond donors (Lipinski definition) is 2. The van der Waals surface area contributed by atoms with Crippen LogP contribution in [0.1, 0.15) is 66.4 Å². The first-order valence-electron chi connectivity index (χ1n) is 11.7. The molecule has 1 heterocycles. The molecule has 2 aromatic carbocycles. The van der Waals surface area contributed by atoms with Crippen LogP contribution in [-0.4, -0.2) is 26.4 Å². The smallest absolute Gasteiger partial charge is 0.249 e. The van der Waals surface area contributed by atoms with Crippen LogP contribution < -0.4 is 5.73 Å². The van der Waals surface area contributed by atoms with Crippen LogP contribution in [0.3, 0.4) is 0 Å². The van der Waals surface area contributed by atoms with E-state index >= 15 is 0 Å². The molecule has 2 atom stereocenters. The Bertz CT molecular complexity index is 1280. The molecule has 178 valence electrons. The number of aromatic nitrogens is 2. The molecule has 0 aliphatic heterocycles. The molecule has 4 rings (SSSR count). The molecule has 3 aromatic rings. The summed E-state index contributed by atoms with van der Waals surface area (Å²) in [7, 11) is 0. The van der Waals surface area contributed by atoms with Crippen molar-refractivity contribution in [1.82, 2.24) is 9.78 Å². The van der Waals surface area contributed by atoms with Gasteiger partial charge in [-0.25, -0.2) is 9.07 Å². The normalized spacial score (nSPS) is 19.3. The molecule has 1 aliphatic rings. The predicted molar refractivity (Wildman–Crippen MR) is 132 cm³/mol. The number of carbonyl (C=O) groups excluding carboxylic acids is 1. The number of fused-ring (bicyclic) bond motifs is 1. The first-order valence-corrected chi connectivity index (χ1v) is 11.7. The number of amides is 1. The number of nitrogens with zero attached hydrogens (tertiary/aromatic N) is 2. The number of primary amides is 1. The Morgan fingerprint density at radius 3 is 2.68 bits per heavy atom. The van der Waals surface area contributed by atoms with E-state index in [2.05, 4.69) is 18.1 Å². The molecule has 3 N–H and O–H groups in total. The fraction of sp³-hybridized carbons (Fsp3) is 0.357. The van der Waals surface area contributed by atoms with Crippen LogP contribution >= 0.6 is 0 Å². The lowest BCUT2D eigenvalue weighted by Crippen LogP contribution is -2.49. The SMILES string of the molecule is CC[C@@](O)(CCc1cccc(C)c1C(N)=O)[C@@]1(C)Cc2cnn(-c3cccc(F)c3)c2C=C1C. The fourth-order valence-electron chi connectivity index (χ4n) is 5.39. The van der Waals surface area contributed by atoms with Gasteiger partial charge in [-0.3, -0.25) is 4.79 Å². The summed E-state index contributed by atoms with van der Waals surface area (Å²) in [5.74, 6) is -0.752. The molecule has 0 fully saturated rings. The van der Waals surface area contributed by atoms with Crippen molar-refractivity contribution in [2.75, 3.05) is 0 Å². The number of aliphatic hydroxyl groups is 1. The Balaban J connectivity index is 1.66. The van der Waals surface area contributed by atoms with Crippen LogP contribution in [0.2, 0.25) is 0 Å². The lowest BCUT2D eigenvalue weighted by atomic mass is 9.60. The van der Waals surface area contributed by atoms with Crippen LogP contribution in [0.15, 0.2) is 54.2 Å². The van der Waals surface area contributed by atoms with Crippen LogP contribution in [0.25, 0.3) is 11.8 Å². The molecule has 0 saturated heterocycles. The first-order chi connectivity index (χ1) is 16.1. The van der Waals surface area contributed by atoms with E-state index in [1.54, 1.807) is 10.7 Å². The van der Waals surface area contributed by atoms with E-state index in [9.17, 15) is 14.3 Å². The Morgan fingerprint density at radius 1 is 1.26 bits per heavy atom. The predicted octanol–water partition coefficient (Wildman–Crippen LogP) is 5.16. The molecule has 1 aromatic heterocycles. The molecule has 34 heavy (non-hydrogen) atoms. The van der Waals surface area contributed by atoms with E-state index in [0.717, 1.165) is 28.0 Å². The zero-order valence-corrected chi connectivity index (χ0v) is 20.2. The van der Waals surface area contributed by atoms with E-state index < -0.39 is 16.9 Å². The van der Waals surface area contributed by atoms with Gasteiger partial charge < -0.3 is 10.8 Å². The van der Waals surface area contributed by atoms with Crippen molar-refractivity contribution < 1.29 is 14.3 Å². The standard InChI is InChI=1S/C28H32FN3O2/c1-5-28(34,13-12-20-9-6-8-18(2)25(20)26(30)33)27(4)16-21-17-31-32(24(21)14-19(27)3)23-11-7-10-22(29)15-23/h6-11,14-15,17,34H,5,12-13,16H2,1-4H3,(H2,30,33)/t27-,28+/m0/s1. The molecule has 0 radical (unpaired) electrons. The van der Waals surface area contributed by atoms with Crippen molar-refractivity contribution in [3.05, 3.63) is 88.0 Å². The molecule has 5 nitrogen and oxygen atoms in total. The maximum Gasteiger partial charge on any atom is 0.249 e.